The largest absolute Gasteiger partial charge is 0.508 e. The van der Waals surface area contributed by atoms with Crippen LogP contribution in [-0.2, 0) is 11.2 Å². The molecule has 17 nitrogen and oxygen atoms in total. The molecule has 0 spiro atoms. The lowest BCUT2D eigenvalue weighted by molar-refractivity contribution is -0.0286. The van der Waals surface area contributed by atoms with Crippen LogP contribution in [0, 0.1) is 0 Å². The van der Waals surface area contributed by atoms with Crippen LogP contribution in [0.15, 0.2) is 60.7 Å². The maximum absolute atomic E-state index is 13.9. The second-order valence-corrected chi connectivity index (χ2v) is 12.7. The van der Waals surface area contributed by atoms with Crippen molar-refractivity contribution in [2.45, 2.75) is 36.8 Å². The molecule has 2 aliphatic heterocycles. The Bertz CT molecular complexity index is 2310. The van der Waals surface area contributed by atoms with Crippen molar-refractivity contribution in [1.82, 2.24) is 0 Å². The summed E-state index contributed by atoms with van der Waals surface area (Å²) >= 11 is 0. The number of ether oxygens (including phenoxy) is 3. The molecule has 0 fully saturated rings. The van der Waals surface area contributed by atoms with Crippen molar-refractivity contribution in [2.24, 2.45) is 0 Å². The van der Waals surface area contributed by atoms with E-state index in [-0.39, 0.29) is 45.7 Å². The Kier molecular flexibility index (Phi) is 8.29. The number of hydrogen-bond acceptors (Lipinski definition) is 17. The van der Waals surface area contributed by atoms with E-state index >= 15 is 0 Å². The highest BCUT2D eigenvalue weighted by atomic mass is 16.6. The fourth-order valence-electron chi connectivity index (χ4n) is 6.80. The fraction of sp³-hybridized carbons (Fsp3) is 0.162. The quantitative estimate of drug-likeness (QED) is 0.0901. The monoisotopic (exact) mass is 746 g/mol. The van der Waals surface area contributed by atoms with Crippen LogP contribution in [0.2, 0.25) is 0 Å². The second-order valence-electron chi connectivity index (χ2n) is 12.7. The predicted molar refractivity (Wildman–Crippen MR) is 180 cm³/mol. The Hall–Kier alpha value is -7.27. The summed E-state index contributed by atoms with van der Waals surface area (Å²) < 4.78 is 18.3. The molecule has 0 unspecified atom stereocenters. The van der Waals surface area contributed by atoms with Gasteiger partial charge in [-0.25, -0.2) is 4.79 Å². The summed E-state index contributed by atoms with van der Waals surface area (Å²) in [4.78, 5) is 13.9. The molecule has 13 N–H and O–H groups in total. The van der Waals surface area contributed by atoms with Gasteiger partial charge in [-0.05, 0) is 42.0 Å². The zero-order valence-corrected chi connectivity index (χ0v) is 27.3. The molecule has 5 aromatic carbocycles. The minimum atomic E-state index is -1.84. The number of esters is 1. The van der Waals surface area contributed by atoms with Crippen molar-refractivity contribution in [2.75, 3.05) is 0 Å². The number of carbonyl (C=O) groups excluding carboxylic acids is 1. The van der Waals surface area contributed by atoms with Gasteiger partial charge in [0.2, 0.25) is 0 Å². The molecule has 17 heteroatoms. The summed E-state index contributed by atoms with van der Waals surface area (Å²) in [5, 5.41) is 137. The smallest absolute Gasteiger partial charge is 0.338 e. The number of carbonyl (C=O) groups is 1. The number of fused-ring (bicyclic) bond motifs is 2. The van der Waals surface area contributed by atoms with E-state index in [1.54, 1.807) is 0 Å². The third-order valence-corrected chi connectivity index (χ3v) is 9.29. The van der Waals surface area contributed by atoms with E-state index < -0.39 is 111 Å². The van der Waals surface area contributed by atoms with E-state index in [0.29, 0.717) is 0 Å². The summed E-state index contributed by atoms with van der Waals surface area (Å²) in [6.07, 6.45) is -6.57. The molecule has 0 amide bonds. The Morgan fingerprint density at radius 1 is 0.574 bits per heavy atom. The van der Waals surface area contributed by atoms with Gasteiger partial charge in [0, 0.05) is 46.9 Å². The Morgan fingerprint density at radius 3 is 1.80 bits per heavy atom. The van der Waals surface area contributed by atoms with Crippen molar-refractivity contribution in [1.29, 1.82) is 0 Å². The molecule has 0 saturated carbocycles. The van der Waals surface area contributed by atoms with E-state index in [9.17, 15) is 71.2 Å². The Labute approximate surface area is 302 Å². The number of aromatic hydroxyl groups is 12. The van der Waals surface area contributed by atoms with Gasteiger partial charge in [-0.2, -0.15) is 0 Å². The first-order chi connectivity index (χ1) is 25.5. The molecule has 0 aliphatic carbocycles. The van der Waals surface area contributed by atoms with Crippen LogP contribution >= 0.6 is 0 Å². The van der Waals surface area contributed by atoms with Crippen molar-refractivity contribution in [3.63, 3.8) is 0 Å². The number of aliphatic hydroxyl groups excluding tert-OH is 1. The van der Waals surface area contributed by atoms with Gasteiger partial charge in [-0.1, -0.05) is 6.07 Å². The van der Waals surface area contributed by atoms with Gasteiger partial charge in [0.15, 0.2) is 58.2 Å². The lowest BCUT2D eigenvalue weighted by Gasteiger charge is -2.41. The van der Waals surface area contributed by atoms with Crippen molar-refractivity contribution >= 4 is 5.97 Å². The summed E-state index contributed by atoms with van der Waals surface area (Å²) in [6, 6.07) is 9.83. The summed E-state index contributed by atoms with van der Waals surface area (Å²) in [5.74, 6) is -12.5. The third kappa shape index (κ3) is 5.77. The number of hydrogen-bond donors (Lipinski definition) is 13. The minimum absolute atomic E-state index is 0.0733. The van der Waals surface area contributed by atoms with Gasteiger partial charge in [0.1, 0.15) is 40.6 Å². The average molecular weight is 747 g/mol. The molecule has 0 radical (unpaired) electrons. The van der Waals surface area contributed by atoms with Crippen LogP contribution < -0.4 is 9.47 Å². The molecule has 2 heterocycles. The van der Waals surface area contributed by atoms with E-state index in [1.807, 2.05) is 0 Å². The topological polar surface area (TPSA) is 308 Å². The Morgan fingerprint density at radius 2 is 1.17 bits per heavy atom. The first-order valence-electron chi connectivity index (χ1n) is 15.9. The van der Waals surface area contributed by atoms with E-state index in [2.05, 4.69) is 0 Å². The van der Waals surface area contributed by atoms with Crippen LogP contribution in [0.5, 0.6) is 80.5 Å². The fourth-order valence-corrected chi connectivity index (χ4v) is 6.80. The molecule has 54 heavy (non-hydrogen) atoms. The van der Waals surface area contributed by atoms with Crippen molar-refractivity contribution in [3.8, 4) is 80.5 Å². The number of phenols is 12. The number of phenolic OH excluding ortho intramolecular Hbond substituents is 12. The lowest BCUT2D eigenvalue weighted by atomic mass is 9.77. The van der Waals surface area contributed by atoms with Crippen molar-refractivity contribution in [3.05, 3.63) is 94.0 Å². The molecule has 280 valence electrons. The summed E-state index contributed by atoms with van der Waals surface area (Å²) in [6.45, 7) is 0. The van der Waals surface area contributed by atoms with Crippen LogP contribution in [-0.4, -0.2) is 84.6 Å². The molecule has 0 aromatic heterocycles. The van der Waals surface area contributed by atoms with E-state index in [0.717, 1.165) is 54.6 Å². The maximum atomic E-state index is 13.9. The standard InChI is InChI=1S/C37H30O17/c38-15-8-20(42)28-27(9-15)52-34(13-4-22(44)31(49)23(45)5-13)36(54-37(51)14-6-24(46)32(50)25(47)7-14)30(28)29-21(43)11-18(40)16-10-26(48)33(53-35(16)29)12-1-2-17(39)19(41)3-12/h1-9,11,26,30,33-34,36,38-50H,10H2/t26-,30-,33-,34-,36-/m1/s1. The van der Waals surface area contributed by atoms with Gasteiger partial charge < -0.3 is 80.6 Å². The molecule has 7 rings (SSSR count). The molecular weight excluding hydrogens is 716 g/mol. The molecular formula is C37H30O17. The number of aliphatic hydroxyl groups is 1. The van der Waals surface area contributed by atoms with Gasteiger partial charge in [-0.3, -0.25) is 0 Å². The molecule has 5 aromatic rings. The highest BCUT2D eigenvalue weighted by Gasteiger charge is 2.49. The average Bonchev–Trinajstić information content (AvgIpc) is 3.10. The molecule has 2 aliphatic rings. The molecule has 0 bridgehead atoms. The minimum Gasteiger partial charge on any atom is -0.508 e. The van der Waals surface area contributed by atoms with Crippen LogP contribution in [0.3, 0.4) is 0 Å². The van der Waals surface area contributed by atoms with E-state index in [1.165, 1.54) is 6.07 Å². The molecule has 5 atom stereocenters. The highest BCUT2D eigenvalue weighted by molar-refractivity contribution is 5.91. The van der Waals surface area contributed by atoms with Gasteiger partial charge in [-0.15, -0.1) is 0 Å². The lowest BCUT2D eigenvalue weighted by Crippen LogP contribution is -2.39. The van der Waals surface area contributed by atoms with Gasteiger partial charge in [0.05, 0.1) is 17.6 Å². The van der Waals surface area contributed by atoms with Crippen LogP contribution in [0.25, 0.3) is 0 Å². The van der Waals surface area contributed by atoms with E-state index in [4.69, 9.17) is 14.2 Å². The molecule has 0 saturated heterocycles. The Balaban J connectivity index is 1.49. The number of benzene rings is 5. The van der Waals surface area contributed by atoms with Crippen molar-refractivity contribution < 1.29 is 85.4 Å². The zero-order chi connectivity index (χ0) is 38.9. The second kappa shape index (κ2) is 12.7. The predicted octanol–water partition coefficient (Wildman–Crippen LogP) is 3.68. The van der Waals surface area contributed by atoms with Crippen LogP contribution in [0.1, 0.15) is 56.3 Å². The summed E-state index contributed by atoms with van der Waals surface area (Å²) in [5.41, 5.74) is -1.20. The third-order valence-electron chi connectivity index (χ3n) is 9.29. The maximum Gasteiger partial charge on any atom is 0.338 e. The first-order valence-corrected chi connectivity index (χ1v) is 15.9. The highest BCUT2D eigenvalue weighted by Crippen LogP contribution is 2.58. The SMILES string of the molecule is O=C(O[C@@H]1[C@@H](c2c(O)cc(O)c3c2O[C@H](c2ccc(O)c(O)c2)[C@H](O)C3)c2c(O)cc(O)cc2O[C@@H]1c1cc(O)c(O)c(O)c1)c1cc(O)c(O)c(O)c1. The van der Waals surface area contributed by atoms with Gasteiger partial charge in [0.25, 0.3) is 0 Å². The van der Waals surface area contributed by atoms with Crippen LogP contribution in [0.4, 0.5) is 0 Å². The first kappa shape index (κ1) is 35.1. The summed E-state index contributed by atoms with van der Waals surface area (Å²) in [7, 11) is 0. The van der Waals surface area contributed by atoms with Gasteiger partial charge >= 0.3 is 5.97 Å². The zero-order valence-electron chi connectivity index (χ0n) is 27.3. The normalized spacial score (nSPS) is 20.2. The number of rotatable bonds is 5.